The summed E-state index contributed by atoms with van der Waals surface area (Å²) < 4.78 is 26.3. The van der Waals surface area contributed by atoms with Crippen molar-refractivity contribution in [2.45, 2.75) is 25.3 Å². The summed E-state index contributed by atoms with van der Waals surface area (Å²) in [6.45, 7) is 4.02. The standard InChI is InChI=1S/C13H15ClN2O2S2/c1-9-4-5-11(6-12(9)14)20(17,18)16(3)7-13-10(2)15-8-19-13/h4-6,8H,7H2,1-3H3. The molecule has 0 aliphatic carbocycles. The van der Waals surface area contributed by atoms with Gasteiger partial charge in [0, 0.05) is 23.5 Å². The van der Waals surface area contributed by atoms with Crippen molar-refractivity contribution in [3.05, 3.63) is 44.9 Å². The molecule has 0 amide bonds. The molecule has 2 aromatic rings. The summed E-state index contributed by atoms with van der Waals surface area (Å²) in [5, 5.41) is 0.452. The SMILES string of the molecule is Cc1ccc(S(=O)(=O)N(C)Cc2scnc2C)cc1Cl. The van der Waals surface area contributed by atoms with Gasteiger partial charge in [0.25, 0.3) is 0 Å². The number of aromatic nitrogens is 1. The van der Waals surface area contributed by atoms with Gasteiger partial charge in [0.05, 0.1) is 16.1 Å². The van der Waals surface area contributed by atoms with Gasteiger partial charge in [-0.2, -0.15) is 4.31 Å². The minimum atomic E-state index is -3.54. The van der Waals surface area contributed by atoms with Crippen molar-refractivity contribution in [3.8, 4) is 0 Å². The van der Waals surface area contributed by atoms with Crippen LogP contribution in [0.25, 0.3) is 0 Å². The van der Waals surface area contributed by atoms with Gasteiger partial charge in [-0.05, 0) is 31.5 Å². The highest BCUT2D eigenvalue weighted by Crippen LogP contribution is 2.24. The van der Waals surface area contributed by atoms with E-state index in [1.54, 1.807) is 24.7 Å². The molecule has 0 radical (unpaired) electrons. The molecule has 108 valence electrons. The van der Waals surface area contributed by atoms with E-state index in [1.165, 1.54) is 21.7 Å². The maximum Gasteiger partial charge on any atom is 0.243 e. The summed E-state index contributed by atoms with van der Waals surface area (Å²) in [7, 11) is -1.99. The van der Waals surface area contributed by atoms with E-state index >= 15 is 0 Å². The molecule has 1 aromatic heterocycles. The predicted molar refractivity (Wildman–Crippen MR) is 81.7 cm³/mol. The average molecular weight is 331 g/mol. The van der Waals surface area contributed by atoms with Gasteiger partial charge in [-0.3, -0.25) is 0 Å². The molecule has 0 aliphatic heterocycles. The molecule has 4 nitrogen and oxygen atoms in total. The van der Waals surface area contributed by atoms with Crippen molar-refractivity contribution in [2.75, 3.05) is 7.05 Å². The summed E-state index contributed by atoms with van der Waals surface area (Å²) >= 11 is 7.45. The molecule has 1 heterocycles. The topological polar surface area (TPSA) is 50.3 Å². The Kier molecular flexibility index (Phi) is 4.49. The number of aryl methyl sites for hydroxylation is 2. The van der Waals surface area contributed by atoms with Gasteiger partial charge < -0.3 is 0 Å². The molecule has 0 N–H and O–H groups in total. The lowest BCUT2D eigenvalue weighted by molar-refractivity contribution is 0.468. The average Bonchev–Trinajstić information content (AvgIpc) is 2.78. The van der Waals surface area contributed by atoms with E-state index in [1.807, 2.05) is 13.8 Å². The monoisotopic (exact) mass is 330 g/mol. The van der Waals surface area contributed by atoms with Crippen LogP contribution in [0.15, 0.2) is 28.6 Å². The van der Waals surface area contributed by atoms with Gasteiger partial charge in [0.2, 0.25) is 10.0 Å². The Balaban J connectivity index is 2.29. The van der Waals surface area contributed by atoms with Gasteiger partial charge in [-0.25, -0.2) is 13.4 Å². The Hall–Kier alpha value is -0.950. The van der Waals surface area contributed by atoms with Crippen molar-refractivity contribution in [2.24, 2.45) is 0 Å². The third-order valence-corrected chi connectivity index (χ3v) is 6.19. The lowest BCUT2D eigenvalue weighted by Crippen LogP contribution is -2.26. The highest BCUT2D eigenvalue weighted by Gasteiger charge is 2.22. The van der Waals surface area contributed by atoms with Crippen molar-refractivity contribution in [1.29, 1.82) is 0 Å². The first kappa shape index (κ1) is 15.4. The quantitative estimate of drug-likeness (QED) is 0.864. The van der Waals surface area contributed by atoms with E-state index in [0.29, 0.717) is 11.6 Å². The lowest BCUT2D eigenvalue weighted by atomic mass is 10.2. The van der Waals surface area contributed by atoms with Crippen LogP contribution in [-0.2, 0) is 16.6 Å². The van der Waals surface area contributed by atoms with Crippen molar-refractivity contribution < 1.29 is 8.42 Å². The Morgan fingerprint density at radius 1 is 1.35 bits per heavy atom. The van der Waals surface area contributed by atoms with Crippen LogP contribution >= 0.6 is 22.9 Å². The zero-order valence-electron chi connectivity index (χ0n) is 11.4. The van der Waals surface area contributed by atoms with Crippen LogP contribution in [0.1, 0.15) is 16.1 Å². The van der Waals surface area contributed by atoms with E-state index < -0.39 is 10.0 Å². The number of thiazole rings is 1. The fraction of sp³-hybridized carbons (Fsp3) is 0.308. The second kappa shape index (κ2) is 5.81. The van der Waals surface area contributed by atoms with Crippen molar-refractivity contribution >= 4 is 33.0 Å². The van der Waals surface area contributed by atoms with Crippen LogP contribution in [0.4, 0.5) is 0 Å². The van der Waals surface area contributed by atoms with Gasteiger partial charge in [0.15, 0.2) is 0 Å². The predicted octanol–water partition coefficient (Wildman–Crippen LogP) is 3.23. The summed E-state index contributed by atoms with van der Waals surface area (Å²) in [6, 6.07) is 4.77. The van der Waals surface area contributed by atoms with Gasteiger partial charge in [0.1, 0.15) is 0 Å². The number of sulfonamides is 1. The molecule has 1 aromatic carbocycles. The third-order valence-electron chi connectivity index (χ3n) is 3.06. The first-order valence-electron chi connectivity index (χ1n) is 5.94. The molecule has 0 saturated carbocycles. The molecule has 7 heteroatoms. The van der Waals surface area contributed by atoms with Crippen LogP contribution < -0.4 is 0 Å². The minimum absolute atomic E-state index is 0.206. The molecule has 0 fully saturated rings. The number of halogens is 1. The van der Waals surface area contributed by atoms with Crippen LogP contribution in [-0.4, -0.2) is 24.8 Å². The van der Waals surface area contributed by atoms with Crippen LogP contribution in [0.5, 0.6) is 0 Å². The van der Waals surface area contributed by atoms with Crippen molar-refractivity contribution in [3.63, 3.8) is 0 Å². The first-order valence-corrected chi connectivity index (χ1v) is 8.63. The minimum Gasteiger partial charge on any atom is -0.250 e. The van der Waals surface area contributed by atoms with Crippen molar-refractivity contribution in [1.82, 2.24) is 9.29 Å². The fourth-order valence-electron chi connectivity index (χ4n) is 1.68. The Bertz CT molecular complexity index is 726. The van der Waals surface area contributed by atoms with Crippen LogP contribution in [0, 0.1) is 13.8 Å². The maximum atomic E-state index is 12.5. The first-order chi connectivity index (χ1) is 9.32. The van der Waals surface area contributed by atoms with E-state index in [9.17, 15) is 8.42 Å². The molecule has 0 aliphatic rings. The summed E-state index contributed by atoms with van der Waals surface area (Å²) in [5.41, 5.74) is 3.43. The second-order valence-electron chi connectivity index (χ2n) is 4.53. The molecular weight excluding hydrogens is 316 g/mol. The smallest absolute Gasteiger partial charge is 0.243 e. The zero-order chi connectivity index (χ0) is 14.9. The number of nitrogens with zero attached hydrogens (tertiary/aromatic N) is 2. The molecular formula is C13H15ClN2O2S2. The van der Waals surface area contributed by atoms with Gasteiger partial charge in [-0.15, -0.1) is 11.3 Å². The van der Waals surface area contributed by atoms with Gasteiger partial charge >= 0.3 is 0 Å². The van der Waals surface area contributed by atoms with Gasteiger partial charge in [-0.1, -0.05) is 17.7 Å². The molecule has 0 saturated heterocycles. The molecule has 0 unspecified atom stereocenters. The fourth-order valence-corrected chi connectivity index (χ4v) is 4.00. The summed E-state index contributed by atoms with van der Waals surface area (Å²) in [5.74, 6) is 0. The zero-order valence-corrected chi connectivity index (χ0v) is 13.8. The molecule has 2 rings (SSSR count). The normalized spacial score (nSPS) is 12.1. The Morgan fingerprint density at radius 3 is 2.60 bits per heavy atom. The molecule has 0 spiro atoms. The highest BCUT2D eigenvalue weighted by molar-refractivity contribution is 7.89. The molecule has 20 heavy (non-hydrogen) atoms. The highest BCUT2D eigenvalue weighted by atomic mass is 35.5. The number of rotatable bonds is 4. The number of benzene rings is 1. The van der Waals surface area contributed by atoms with E-state index in [4.69, 9.17) is 11.6 Å². The second-order valence-corrected chi connectivity index (χ2v) is 7.92. The number of hydrogen-bond acceptors (Lipinski definition) is 4. The summed E-state index contributed by atoms with van der Waals surface area (Å²) in [6.07, 6.45) is 0. The molecule has 0 bridgehead atoms. The number of hydrogen-bond donors (Lipinski definition) is 0. The van der Waals surface area contributed by atoms with E-state index in [-0.39, 0.29) is 4.90 Å². The van der Waals surface area contributed by atoms with Crippen LogP contribution in [0.2, 0.25) is 5.02 Å². The maximum absolute atomic E-state index is 12.5. The third kappa shape index (κ3) is 3.03. The lowest BCUT2D eigenvalue weighted by Gasteiger charge is -2.17. The Morgan fingerprint density at radius 2 is 2.05 bits per heavy atom. The van der Waals surface area contributed by atoms with Crippen LogP contribution in [0.3, 0.4) is 0 Å². The summed E-state index contributed by atoms with van der Waals surface area (Å²) in [4.78, 5) is 5.27. The Labute approximate surface area is 128 Å². The van der Waals surface area contributed by atoms with E-state index in [2.05, 4.69) is 4.98 Å². The largest absolute Gasteiger partial charge is 0.250 e. The molecule has 0 atom stereocenters. The van der Waals surface area contributed by atoms with E-state index in [0.717, 1.165) is 16.1 Å².